The van der Waals surface area contributed by atoms with Gasteiger partial charge < -0.3 is 78.7 Å². The van der Waals surface area contributed by atoms with E-state index in [4.69, 9.17) is 37.9 Å². The van der Waals surface area contributed by atoms with E-state index in [1.807, 2.05) is 0 Å². The van der Waals surface area contributed by atoms with Crippen LogP contribution in [0.25, 0.3) is 0 Å². The minimum Gasteiger partial charge on any atom is -0.393 e. The highest BCUT2D eigenvalue weighted by atomic mass is 16.8. The molecule has 16 heteroatoms. The van der Waals surface area contributed by atoms with Crippen LogP contribution < -0.4 is 0 Å². The number of fused-ring (bicyclic) bond motifs is 7. The minimum absolute atomic E-state index is 0.0738. The molecule has 8 N–H and O–H groups in total. The maximum Gasteiger partial charge on any atom is 0.187 e. The third-order valence-electron chi connectivity index (χ3n) is 17.4. The fourth-order valence-electron chi connectivity index (χ4n) is 13.6. The van der Waals surface area contributed by atoms with E-state index in [1.165, 1.54) is 19.4 Å². The number of ether oxygens (including phenoxy) is 8. The summed E-state index contributed by atoms with van der Waals surface area (Å²) in [5.74, 6) is 1.45. The lowest BCUT2D eigenvalue weighted by molar-refractivity contribution is -0.336. The fraction of sp³-hybridized carbons (Fsp3) is 0.955. The van der Waals surface area contributed by atoms with Gasteiger partial charge in [-0.3, -0.25) is 0 Å². The highest BCUT2D eigenvalue weighted by Gasteiger charge is 2.71. The summed E-state index contributed by atoms with van der Waals surface area (Å²) in [4.78, 5) is 0. The molecule has 342 valence electrons. The Kier molecular flexibility index (Phi) is 11.8. The van der Waals surface area contributed by atoms with E-state index in [2.05, 4.69) is 33.8 Å². The predicted octanol–water partition coefficient (Wildman–Crippen LogP) is 0.853. The van der Waals surface area contributed by atoms with Gasteiger partial charge in [-0.1, -0.05) is 39.3 Å². The largest absolute Gasteiger partial charge is 0.393 e. The summed E-state index contributed by atoms with van der Waals surface area (Å²) in [6, 6.07) is 0. The van der Waals surface area contributed by atoms with Gasteiger partial charge in [0.15, 0.2) is 24.7 Å². The maximum atomic E-state index is 12.3. The Bertz CT molecular complexity index is 1590. The molecule has 0 unspecified atom stereocenters. The van der Waals surface area contributed by atoms with E-state index in [1.54, 1.807) is 0 Å². The Morgan fingerprint density at radius 1 is 0.767 bits per heavy atom. The van der Waals surface area contributed by atoms with E-state index in [0.29, 0.717) is 37.2 Å². The molecule has 5 aliphatic heterocycles. The normalized spacial score (nSPS) is 59.0. The van der Waals surface area contributed by atoms with Gasteiger partial charge >= 0.3 is 0 Å². The molecular formula is C44H70O16. The van der Waals surface area contributed by atoms with Crippen LogP contribution in [0.5, 0.6) is 0 Å². The summed E-state index contributed by atoms with van der Waals surface area (Å²) in [6.45, 7) is 12.1. The quantitative estimate of drug-likeness (QED) is 0.166. The van der Waals surface area contributed by atoms with Crippen molar-refractivity contribution in [1.82, 2.24) is 0 Å². The smallest absolute Gasteiger partial charge is 0.187 e. The molecule has 8 fully saturated rings. The molecule has 9 aliphatic rings. The van der Waals surface area contributed by atoms with Crippen molar-refractivity contribution in [3.8, 4) is 0 Å². The number of rotatable bonds is 7. The molecule has 4 aliphatic carbocycles. The van der Waals surface area contributed by atoms with Gasteiger partial charge in [0.25, 0.3) is 0 Å². The maximum absolute atomic E-state index is 12.3. The highest BCUT2D eigenvalue weighted by molar-refractivity contribution is 5.27. The Hall–Kier alpha value is -0.900. The van der Waals surface area contributed by atoms with Gasteiger partial charge in [-0.15, -0.1) is 0 Å². The van der Waals surface area contributed by atoms with Crippen molar-refractivity contribution in [2.45, 2.75) is 196 Å². The Labute approximate surface area is 352 Å². The summed E-state index contributed by atoms with van der Waals surface area (Å²) in [7, 11) is 0. The van der Waals surface area contributed by atoms with Gasteiger partial charge in [-0.25, -0.2) is 0 Å². The van der Waals surface area contributed by atoms with Gasteiger partial charge in [0.1, 0.15) is 48.3 Å². The molecule has 0 aromatic heterocycles. The molecule has 16 nitrogen and oxygen atoms in total. The summed E-state index contributed by atoms with van der Waals surface area (Å²) >= 11 is 0. The first-order valence-electron chi connectivity index (χ1n) is 22.7. The van der Waals surface area contributed by atoms with Crippen LogP contribution in [0.15, 0.2) is 11.6 Å². The molecule has 0 aromatic rings. The average molecular weight is 855 g/mol. The van der Waals surface area contributed by atoms with Crippen LogP contribution in [0.4, 0.5) is 0 Å². The number of hydrogen-bond acceptors (Lipinski definition) is 16. The van der Waals surface area contributed by atoms with Gasteiger partial charge in [-0.2, -0.15) is 0 Å². The van der Waals surface area contributed by atoms with Crippen LogP contribution in [0.1, 0.15) is 92.9 Å². The van der Waals surface area contributed by atoms with Crippen molar-refractivity contribution in [2.75, 3.05) is 19.8 Å². The molecule has 9 rings (SSSR count). The lowest BCUT2D eigenvalue weighted by atomic mass is 9.46. The molecule has 0 amide bonds. The lowest BCUT2D eigenvalue weighted by Gasteiger charge is -2.60. The molecule has 60 heavy (non-hydrogen) atoms. The third-order valence-corrected chi connectivity index (χ3v) is 17.4. The summed E-state index contributed by atoms with van der Waals surface area (Å²) in [6.07, 6.45) is -8.04. The lowest BCUT2D eigenvalue weighted by Crippen LogP contribution is -2.61. The minimum atomic E-state index is -1.96. The molecule has 0 bridgehead atoms. The van der Waals surface area contributed by atoms with Crippen LogP contribution in [0.2, 0.25) is 0 Å². The summed E-state index contributed by atoms with van der Waals surface area (Å²) in [5.41, 5.74) is -1.09. The van der Waals surface area contributed by atoms with Crippen molar-refractivity contribution >= 4 is 0 Å². The molecule has 1 spiro atoms. The van der Waals surface area contributed by atoms with Crippen molar-refractivity contribution in [2.24, 2.45) is 46.3 Å². The average Bonchev–Trinajstić information content (AvgIpc) is 3.80. The molecule has 5 saturated heterocycles. The first kappa shape index (κ1) is 44.3. The SMILES string of the molecule is C[C@@H]1CC[C@@]2(OC1)O[C@H]1C[C@H]3[C@@H]4CC=C5C[C@@H](O[C@@H]6OC[C@](O)(CO[C@@H]7O[C@@H](C)[C@H](O)[C@@H](O)[C@H]7O)[C@H]6O[C@@H]6O[C@@H](C)[C@H](O)[C@@H](O)[C@H]6O)CC[C@]5(C)[C@H]4C[C@H](O)[C@]3(C)[C@H]1[C@@H]2C. The van der Waals surface area contributed by atoms with Crippen LogP contribution in [-0.2, 0) is 37.9 Å². The van der Waals surface area contributed by atoms with Gasteiger partial charge in [0.2, 0.25) is 0 Å². The highest BCUT2D eigenvalue weighted by Crippen LogP contribution is 2.70. The third kappa shape index (κ3) is 6.92. The number of aliphatic hydroxyl groups is 8. The second kappa shape index (κ2) is 15.9. The van der Waals surface area contributed by atoms with Gasteiger partial charge in [0.05, 0.1) is 50.3 Å². The van der Waals surface area contributed by atoms with E-state index < -0.39 is 97.9 Å². The Morgan fingerprint density at radius 2 is 1.45 bits per heavy atom. The Balaban J connectivity index is 0.903. The zero-order chi connectivity index (χ0) is 42.8. The molecule has 0 aromatic carbocycles. The summed E-state index contributed by atoms with van der Waals surface area (Å²) in [5, 5.41) is 87.3. The molecular weight excluding hydrogens is 784 g/mol. The molecule has 25 atom stereocenters. The zero-order valence-corrected chi connectivity index (χ0v) is 35.8. The van der Waals surface area contributed by atoms with E-state index >= 15 is 0 Å². The molecule has 3 saturated carbocycles. The van der Waals surface area contributed by atoms with Crippen LogP contribution in [0.3, 0.4) is 0 Å². The number of allylic oxidation sites excluding steroid dienone is 1. The van der Waals surface area contributed by atoms with Crippen molar-refractivity contribution in [3.05, 3.63) is 11.6 Å². The van der Waals surface area contributed by atoms with Gasteiger partial charge in [-0.05, 0) is 87.9 Å². The molecule has 0 radical (unpaired) electrons. The van der Waals surface area contributed by atoms with Crippen molar-refractivity contribution in [3.63, 3.8) is 0 Å². The zero-order valence-electron chi connectivity index (χ0n) is 35.8. The predicted molar refractivity (Wildman–Crippen MR) is 208 cm³/mol. The molecule has 5 heterocycles. The van der Waals surface area contributed by atoms with Gasteiger partial charge in [0, 0.05) is 23.7 Å². The first-order valence-corrected chi connectivity index (χ1v) is 22.7. The number of hydrogen-bond donors (Lipinski definition) is 8. The standard InChI is InChI=1S/C44H70O16/c1-19-9-12-44(55-16-19)20(2)30-28(60-44)14-27-25-8-7-23-13-24(10-11-41(23,5)26(25)15-29(45)42(27,30)6)58-40-37(59-39-36(51)34(49)32(47)22(4)57-39)43(52,18-54-40)17-53-38-35(50)33(48)31(46)21(3)56-38/h7,19-22,24-40,45-52H,8-18H2,1-6H3/t19-,20+,21+,22+,24+,25-,26+,27+,28+,29+,30+,31+,32+,33-,34-,35-,36-,37+,38-,39+,40+,41+,42-,43-,44-/m1/s1. The monoisotopic (exact) mass is 854 g/mol. The summed E-state index contributed by atoms with van der Waals surface area (Å²) < 4.78 is 49.5. The van der Waals surface area contributed by atoms with E-state index in [9.17, 15) is 40.9 Å². The van der Waals surface area contributed by atoms with Crippen molar-refractivity contribution < 1.29 is 78.7 Å². The van der Waals surface area contributed by atoms with E-state index in [0.717, 1.165) is 38.5 Å². The van der Waals surface area contributed by atoms with Crippen LogP contribution >= 0.6 is 0 Å². The second-order valence-electron chi connectivity index (χ2n) is 20.9. The van der Waals surface area contributed by atoms with Crippen molar-refractivity contribution in [1.29, 1.82) is 0 Å². The fourth-order valence-corrected chi connectivity index (χ4v) is 13.6. The van der Waals surface area contributed by atoms with Crippen LogP contribution in [0, 0.1) is 46.3 Å². The second-order valence-corrected chi connectivity index (χ2v) is 20.9. The first-order chi connectivity index (χ1) is 28.3. The Morgan fingerprint density at radius 3 is 2.13 bits per heavy atom. The number of aliphatic hydroxyl groups excluding tert-OH is 7. The van der Waals surface area contributed by atoms with Crippen LogP contribution in [-0.4, -0.2) is 164 Å². The topological polar surface area (TPSA) is 236 Å². The van der Waals surface area contributed by atoms with E-state index in [-0.39, 0.29) is 47.4 Å².